The van der Waals surface area contributed by atoms with Crippen molar-refractivity contribution < 1.29 is 4.39 Å². The van der Waals surface area contributed by atoms with E-state index in [1.165, 1.54) is 6.07 Å². The summed E-state index contributed by atoms with van der Waals surface area (Å²) in [6, 6.07) is 8.70. The SMILES string of the molecule is Cc1ccc(C(NN)c2ccc(C)c(F)c2)cn1. The molecule has 0 radical (unpaired) electrons. The van der Waals surface area contributed by atoms with Gasteiger partial charge in [0.2, 0.25) is 0 Å². The quantitative estimate of drug-likeness (QED) is 0.645. The van der Waals surface area contributed by atoms with Gasteiger partial charge >= 0.3 is 0 Å². The van der Waals surface area contributed by atoms with Gasteiger partial charge in [0, 0.05) is 11.9 Å². The number of hydrogen-bond acceptors (Lipinski definition) is 3. The lowest BCUT2D eigenvalue weighted by atomic mass is 9.99. The number of aryl methyl sites for hydroxylation is 2. The van der Waals surface area contributed by atoms with Crippen LogP contribution in [0, 0.1) is 19.7 Å². The van der Waals surface area contributed by atoms with Crippen molar-refractivity contribution >= 4 is 0 Å². The Bertz CT molecular complexity index is 537. The van der Waals surface area contributed by atoms with E-state index in [-0.39, 0.29) is 11.9 Å². The van der Waals surface area contributed by atoms with Gasteiger partial charge in [-0.3, -0.25) is 10.8 Å². The fourth-order valence-corrected chi connectivity index (χ4v) is 1.82. The summed E-state index contributed by atoms with van der Waals surface area (Å²) in [7, 11) is 0. The van der Waals surface area contributed by atoms with Crippen molar-refractivity contribution in [2.45, 2.75) is 19.9 Å². The fraction of sp³-hybridized carbons (Fsp3) is 0.214. The molecule has 1 aromatic carbocycles. The monoisotopic (exact) mass is 245 g/mol. The zero-order valence-corrected chi connectivity index (χ0v) is 10.4. The third-order valence-corrected chi connectivity index (χ3v) is 2.96. The van der Waals surface area contributed by atoms with Crippen LogP contribution in [0.1, 0.15) is 28.4 Å². The first kappa shape index (κ1) is 12.7. The number of aromatic nitrogens is 1. The van der Waals surface area contributed by atoms with E-state index in [1.54, 1.807) is 19.2 Å². The molecule has 0 saturated carbocycles. The molecule has 2 rings (SSSR count). The van der Waals surface area contributed by atoms with Crippen molar-refractivity contribution in [2.24, 2.45) is 5.84 Å². The summed E-state index contributed by atoms with van der Waals surface area (Å²) in [6.07, 6.45) is 1.75. The van der Waals surface area contributed by atoms with E-state index >= 15 is 0 Å². The molecule has 0 spiro atoms. The lowest BCUT2D eigenvalue weighted by Gasteiger charge is -2.17. The molecule has 3 N–H and O–H groups in total. The van der Waals surface area contributed by atoms with Gasteiger partial charge in [0.15, 0.2) is 0 Å². The highest BCUT2D eigenvalue weighted by atomic mass is 19.1. The number of nitrogens with two attached hydrogens (primary N) is 1. The number of pyridine rings is 1. The van der Waals surface area contributed by atoms with Gasteiger partial charge in [0.25, 0.3) is 0 Å². The van der Waals surface area contributed by atoms with E-state index in [4.69, 9.17) is 5.84 Å². The molecule has 0 aliphatic rings. The molecule has 0 amide bonds. The second kappa shape index (κ2) is 5.25. The zero-order valence-electron chi connectivity index (χ0n) is 10.4. The Morgan fingerprint density at radius 1 is 1.17 bits per heavy atom. The topological polar surface area (TPSA) is 50.9 Å². The van der Waals surface area contributed by atoms with E-state index in [9.17, 15) is 4.39 Å². The Morgan fingerprint density at radius 3 is 2.44 bits per heavy atom. The Morgan fingerprint density at radius 2 is 1.89 bits per heavy atom. The molecule has 1 atom stereocenters. The van der Waals surface area contributed by atoms with Crippen LogP contribution in [0.4, 0.5) is 4.39 Å². The maximum atomic E-state index is 13.6. The minimum absolute atomic E-state index is 0.229. The molecule has 18 heavy (non-hydrogen) atoms. The number of rotatable bonds is 3. The molecule has 94 valence electrons. The molecule has 0 bridgehead atoms. The number of nitrogens with one attached hydrogen (secondary N) is 1. The first-order chi connectivity index (χ1) is 8.61. The van der Waals surface area contributed by atoms with Crippen LogP contribution in [0.2, 0.25) is 0 Å². The Kier molecular flexibility index (Phi) is 3.69. The smallest absolute Gasteiger partial charge is 0.126 e. The second-order valence-electron chi connectivity index (χ2n) is 4.34. The molecule has 1 aromatic heterocycles. The first-order valence-electron chi connectivity index (χ1n) is 5.76. The van der Waals surface area contributed by atoms with Gasteiger partial charge in [0.1, 0.15) is 5.82 Å². The second-order valence-corrected chi connectivity index (χ2v) is 4.34. The van der Waals surface area contributed by atoms with Gasteiger partial charge in [-0.1, -0.05) is 18.2 Å². The molecule has 3 nitrogen and oxygen atoms in total. The summed E-state index contributed by atoms with van der Waals surface area (Å²) in [4.78, 5) is 4.22. The minimum Gasteiger partial charge on any atom is -0.271 e. The van der Waals surface area contributed by atoms with Crippen LogP contribution in [0.5, 0.6) is 0 Å². The summed E-state index contributed by atoms with van der Waals surface area (Å²) in [5.41, 5.74) is 5.94. The van der Waals surface area contributed by atoms with Crippen LogP contribution in [0.15, 0.2) is 36.5 Å². The Labute approximate surface area is 106 Å². The molecule has 0 aliphatic carbocycles. The maximum absolute atomic E-state index is 13.6. The third-order valence-electron chi connectivity index (χ3n) is 2.96. The summed E-state index contributed by atoms with van der Waals surface area (Å²) in [5.74, 6) is 5.33. The maximum Gasteiger partial charge on any atom is 0.126 e. The average molecular weight is 245 g/mol. The fourth-order valence-electron chi connectivity index (χ4n) is 1.82. The molecule has 2 aromatic rings. The minimum atomic E-state index is -0.256. The van der Waals surface area contributed by atoms with Crippen molar-refractivity contribution in [2.75, 3.05) is 0 Å². The molecule has 0 aliphatic heterocycles. The molecule has 4 heteroatoms. The number of benzene rings is 1. The van der Waals surface area contributed by atoms with Crippen molar-refractivity contribution in [1.29, 1.82) is 0 Å². The summed E-state index contributed by atoms with van der Waals surface area (Å²) in [6.45, 7) is 3.65. The summed E-state index contributed by atoms with van der Waals surface area (Å²) >= 11 is 0. The van der Waals surface area contributed by atoms with Gasteiger partial charge in [-0.05, 0) is 42.7 Å². The molecule has 0 saturated heterocycles. The number of nitrogens with zero attached hydrogens (tertiary/aromatic N) is 1. The van der Waals surface area contributed by atoms with Crippen molar-refractivity contribution in [3.8, 4) is 0 Å². The highest BCUT2D eigenvalue weighted by Gasteiger charge is 2.13. The van der Waals surface area contributed by atoms with E-state index < -0.39 is 0 Å². The largest absolute Gasteiger partial charge is 0.271 e. The zero-order chi connectivity index (χ0) is 13.1. The summed E-state index contributed by atoms with van der Waals surface area (Å²) in [5, 5.41) is 0. The number of halogens is 1. The van der Waals surface area contributed by atoms with Crippen molar-refractivity contribution in [3.05, 3.63) is 64.7 Å². The standard InChI is InChI=1S/C14H16FN3/c1-9-3-5-11(7-13(9)15)14(18-16)12-6-4-10(2)17-8-12/h3-8,14,18H,16H2,1-2H3. The van der Waals surface area contributed by atoms with Gasteiger partial charge in [-0.15, -0.1) is 0 Å². The lowest BCUT2D eigenvalue weighted by molar-refractivity contribution is 0.598. The Balaban J connectivity index is 2.38. The molecule has 0 fully saturated rings. The van der Waals surface area contributed by atoms with Gasteiger partial charge in [-0.25, -0.2) is 9.82 Å². The van der Waals surface area contributed by atoms with Crippen LogP contribution in [-0.4, -0.2) is 4.98 Å². The van der Waals surface area contributed by atoms with Gasteiger partial charge in [0.05, 0.1) is 6.04 Å². The van der Waals surface area contributed by atoms with Gasteiger partial charge in [-0.2, -0.15) is 0 Å². The van der Waals surface area contributed by atoms with Crippen molar-refractivity contribution in [1.82, 2.24) is 10.4 Å². The van der Waals surface area contributed by atoms with E-state index in [1.807, 2.05) is 25.1 Å². The average Bonchev–Trinajstić information content (AvgIpc) is 2.37. The predicted molar refractivity (Wildman–Crippen MR) is 69.3 cm³/mol. The summed E-state index contributed by atoms with van der Waals surface area (Å²) < 4.78 is 13.6. The first-order valence-corrected chi connectivity index (χ1v) is 5.76. The number of hydrazine groups is 1. The van der Waals surface area contributed by atoms with Gasteiger partial charge < -0.3 is 0 Å². The third kappa shape index (κ3) is 2.55. The van der Waals surface area contributed by atoms with Crippen molar-refractivity contribution in [3.63, 3.8) is 0 Å². The molecule has 1 unspecified atom stereocenters. The van der Waals surface area contributed by atoms with Crippen LogP contribution < -0.4 is 11.3 Å². The normalized spacial score (nSPS) is 12.4. The van der Waals surface area contributed by atoms with E-state index in [2.05, 4.69) is 10.4 Å². The van der Waals surface area contributed by atoms with E-state index in [0.717, 1.165) is 16.8 Å². The highest BCUT2D eigenvalue weighted by Crippen LogP contribution is 2.22. The molecular weight excluding hydrogens is 229 g/mol. The van der Waals surface area contributed by atoms with Crippen LogP contribution in [-0.2, 0) is 0 Å². The van der Waals surface area contributed by atoms with Crippen LogP contribution in [0.25, 0.3) is 0 Å². The molecule has 1 heterocycles. The Hall–Kier alpha value is -1.78. The lowest BCUT2D eigenvalue weighted by Crippen LogP contribution is -2.29. The predicted octanol–water partition coefficient (Wildman–Crippen LogP) is 2.39. The highest BCUT2D eigenvalue weighted by molar-refractivity contribution is 5.33. The molecular formula is C14H16FN3. The van der Waals surface area contributed by atoms with E-state index in [0.29, 0.717) is 5.56 Å². The van der Waals surface area contributed by atoms with Crippen LogP contribution >= 0.6 is 0 Å². The number of hydrogen-bond donors (Lipinski definition) is 2. The van der Waals surface area contributed by atoms with Crippen LogP contribution in [0.3, 0.4) is 0 Å².